The Morgan fingerprint density at radius 2 is 1.78 bits per heavy atom. The van der Waals surface area contributed by atoms with E-state index in [0.717, 1.165) is 25.7 Å². The zero-order valence-corrected chi connectivity index (χ0v) is 14.5. The number of carbonyl (C=O) groups excluding carboxylic acids is 1. The maximum atomic E-state index is 12.3. The van der Waals surface area contributed by atoms with Crippen LogP contribution in [-0.4, -0.2) is 42.0 Å². The topological polar surface area (TPSA) is 70.6 Å². The fraction of sp³-hybridized carbons (Fsp3) is 0.944. The van der Waals surface area contributed by atoms with Crippen LogP contribution < -0.4 is 10.6 Å². The monoisotopic (exact) mass is 324 g/mol. The zero-order valence-electron chi connectivity index (χ0n) is 14.5. The number of hydrogen-bond donors (Lipinski definition) is 3. The fourth-order valence-electron chi connectivity index (χ4n) is 5.00. The van der Waals surface area contributed by atoms with Gasteiger partial charge < -0.3 is 20.5 Å². The Hall–Kier alpha value is -0.810. The van der Waals surface area contributed by atoms with Crippen LogP contribution in [0, 0.1) is 17.8 Å². The molecule has 0 aromatic carbocycles. The van der Waals surface area contributed by atoms with Crippen molar-refractivity contribution in [1.82, 2.24) is 10.6 Å². The van der Waals surface area contributed by atoms with Crippen LogP contribution in [-0.2, 0) is 4.74 Å². The van der Waals surface area contributed by atoms with Gasteiger partial charge in [-0.2, -0.15) is 0 Å². The van der Waals surface area contributed by atoms with Crippen molar-refractivity contribution in [2.24, 2.45) is 17.8 Å². The van der Waals surface area contributed by atoms with Crippen LogP contribution in [0.25, 0.3) is 0 Å². The molecule has 2 amide bonds. The number of nitrogens with one attached hydrogen (secondary N) is 2. The molecule has 0 spiro atoms. The molecule has 0 aliphatic heterocycles. The Labute approximate surface area is 139 Å². The van der Waals surface area contributed by atoms with Crippen molar-refractivity contribution in [3.8, 4) is 0 Å². The van der Waals surface area contributed by atoms with Gasteiger partial charge in [0.25, 0.3) is 0 Å². The SMILES string of the molecule is CC(C)OC1CCC(NC(=O)NC2C3CCC(C3)C2CO)CC1. The summed E-state index contributed by atoms with van der Waals surface area (Å²) in [6.07, 6.45) is 8.25. The van der Waals surface area contributed by atoms with Crippen molar-refractivity contribution < 1.29 is 14.6 Å². The molecular formula is C18H32N2O3. The molecule has 0 aromatic rings. The number of fused-ring (bicyclic) bond motifs is 2. The third-order valence-corrected chi connectivity index (χ3v) is 6.07. The van der Waals surface area contributed by atoms with Crippen LogP contribution >= 0.6 is 0 Å². The van der Waals surface area contributed by atoms with Gasteiger partial charge in [0.2, 0.25) is 0 Å². The molecule has 0 radical (unpaired) electrons. The molecule has 4 atom stereocenters. The van der Waals surface area contributed by atoms with E-state index in [1.165, 1.54) is 19.3 Å². The summed E-state index contributed by atoms with van der Waals surface area (Å²) in [5, 5.41) is 15.9. The van der Waals surface area contributed by atoms with Crippen molar-refractivity contribution in [3.05, 3.63) is 0 Å². The highest BCUT2D eigenvalue weighted by atomic mass is 16.5. The van der Waals surface area contributed by atoms with Crippen molar-refractivity contribution >= 4 is 6.03 Å². The molecule has 0 saturated heterocycles. The molecule has 3 aliphatic rings. The molecular weight excluding hydrogens is 292 g/mol. The molecule has 3 saturated carbocycles. The highest BCUT2D eigenvalue weighted by molar-refractivity contribution is 5.74. The molecule has 132 valence electrons. The second-order valence-corrected chi connectivity index (χ2v) is 7.98. The molecule has 3 rings (SSSR count). The van der Waals surface area contributed by atoms with Crippen molar-refractivity contribution in [2.75, 3.05) is 6.61 Å². The standard InChI is InChI=1S/C18H32N2O3/c1-11(2)23-15-7-5-14(6-8-15)19-18(22)20-17-13-4-3-12(9-13)16(17)10-21/h11-17,21H,3-10H2,1-2H3,(H2,19,20,22). The van der Waals surface area contributed by atoms with Gasteiger partial charge in [0.15, 0.2) is 0 Å². The number of ether oxygens (including phenoxy) is 1. The van der Waals surface area contributed by atoms with Gasteiger partial charge in [0.1, 0.15) is 0 Å². The molecule has 3 aliphatic carbocycles. The van der Waals surface area contributed by atoms with Crippen LogP contribution in [0.4, 0.5) is 4.79 Å². The van der Waals surface area contributed by atoms with Crippen LogP contribution in [0.2, 0.25) is 0 Å². The normalized spacial score (nSPS) is 39.7. The summed E-state index contributed by atoms with van der Waals surface area (Å²) in [6.45, 7) is 4.35. The van der Waals surface area contributed by atoms with Crippen molar-refractivity contribution in [2.45, 2.75) is 83.1 Å². The predicted molar refractivity (Wildman–Crippen MR) is 89.1 cm³/mol. The molecule has 3 fully saturated rings. The van der Waals surface area contributed by atoms with Gasteiger partial charge in [-0.15, -0.1) is 0 Å². The second-order valence-electron chi connectivity index (χ2n) is 7.98. The molecule has 4 unspecified atom stereocenters. The highest BCUT2D eigenvalue weighted by Gasteiger charge is 2.47. The maximum Gasteiger partial charge on any atom is 0.315 e. The molecule has 2 bridgehead atoms. The van der Waals surface area contributed by atoms with Gasteiger partial charge in [0, 0.05) is 24.6 Å². The van der Waals surface area contributed by atoms with E-state index in [2.05, 4.69) is 24.5 Å². The number of carbonyl (C=O) groups is 1. The Morgan fingerprint density at radius 1 is 1.09 bits per heavy atom. The maximum absolute atomic E-state index is 12.3. The summed E-state index contributed by atoms with van der Waals surface area (Å²) in [5.74, 6) is 1.44. The second kappa shape index (κ2) is 7.39. The lowest BCUT2D eigenvalue weighted by Gasteiger charge is -2.33. The van der Waals surface area contributed by atoms with Gasteiger partial charge in [-0.05, 0) is 70.6 Å². The number of amides is 2. The molecule has 0 aromatic heterocycles. The smallest absolute Gasteiger partial charge is 0.315 e. The van der Waals surface area contributed by atoms with Gasteiger partial charge in [0.05, 0.1) is 12.2 Å². The first-order valence-corrected chi connectivity index (χ1v) is 9.40. The first-order chi connectivity index (χ1) is 11.1. The van der Waals surface area contributed by atoms with Crippen LogP contribution in [0.1, 0.15) is 58.8 Å². The minimum Gasteiger partial charge on any atom is -0.396 e. The largest absolute Gasteiger partial charge is 0.396 e. The summed E-state index contributed by atoms with van der Waals surface area (Å²) < 4.78 is 5.86. The van der Waals surface area contributed by atoms with E-state index in [0.29, 0.717) is 17.9 Å². The summed E-state index contributed by atoms with van der Waals surface area (Å²) in [5.41, 5.74) is 0. The number of urea groups is 1. The van der Waals surface area contributed by atoms with Crippen molar-refractivity contribution in [3.63, 3.8) is 0 Å². The average molecular weight is 324 g/mol. The molecule has 5 heteroatoms. The van der Waals surface area contributed by atoms with Gasteiger partial charge >= 0.3 is 6.03 Å². The van der Waals surface area contributed by atoms with Crippen LogP contribution in [0.5, 0.6) is 0 Å². The van der Waals surface area contributed by atoms with E-state index in [-0.39, 0.29) is 36.7 Å². The van der Waals surface area contributed by atoms with E-state index in [4.69, 9.17) is 4.74 Å². The Balaban J connectivity index is 1.42. The van der Waals surface area contributed by atoms with E-state index in [1.54, 1.807) is 0 Å². The quantitative estimate of drug-likeness (QED) is 0.727. The van der Waals surface area contributed by atoms with Gasteiger partial charge in [-0.25, -0.2) is 4.79 Å². The van der Waals surface area contributed by atoms with E-state index < -0.39 is 0 Å². The summed E-state index contributed by atoms with van der Waals surface area (Å²) in [4.78, 5) is 12.3. The summed E-state index contributed by atoms with van der Waals surface area (Å²) in [7, 11) is 0. The van der Waals surface area contributed by atoms with E-state index >= 15 is 0 Å². The first kappa shape index (κ1) is 17.0. The van der Waals surface area contributed by atoms with Gasteiger partial charge in [-0.1, -0.05) is 0 Å². The number of aliphatic hydroxyl groups excluding tert-OH is 1. The zero-order chi connectivity index (χ0) is 16.4. The average Bonchev–Trinajstić information content (AvgIpc) is 3.09. The highest BCUT2D eigenvalue weighted by Crippen LogP contribution is 2.48. The molecule has 5 nitrogen and oxygen atoms in total. The van der Waals surface area contributed by atoms with E-state index in [9.17, 15) is 9.90 Å². The fourth-order valence-corrected chi connectivity index (χ4v) is 5.00. The molecule has 3 N–H and O–H groups in total. The number of hydrogen-bond acceptors (Lipinski definition) is 3. The number of aliphatic hydroxyl groups is 1. The lowest BCUT2D eigenvalue weighted by Crippen LogP contribution is -2.52. The summed E-state index contributed by atoms with van der Waals surface area (Å²) in [6, 6.07) is 0.377. The Morgan fingerprint density at radius 3 is 2.43 bits per heavy atom. The lowest BCUT2D eigenvalue weighted by atomic mass is 9.85. The Kier molecular flexibility index (Phi) is 5.47. The predicted octanol–water partition coefficient (Wildman–Crippen LogP) is 2.43. The minimum absolute atomic E-state index is 0.0470. The lowest BCUT2D eigenvalue weighted by molar-refractivity contribution is -0.0156. The van der Waals surface area contributed by atoms with Crippen molar-refractivity contribution in [1.29, 1.82) is 0 Å². The third kappa shape index (κ3) is 4.00. The molecule has 23 heavy (non-hydrogen) atoms. The first-order valence-electron chi connectivity index (χ1n) is 9.40. The third-order valence-electron chi connectivity index (χ3n) is 6.07. The van der Waals surface area contributed by atoms with Gasteiger partial charge in [-0.3, -0.25) is 0 Å². The van der Waals surface area contributed by atoms with Crippen LogP contribution in [0.15, 0.2) is 0 Å². The van der Waals surface area contributed by atoms with E-state index in [1.807, 2.05) is 0 Å². The number of rotatable bonds is 5. The molecule has 0 heterocycles. The van der Waals surface area contributed by atoms with Crippen LogP contribution in [0.3, 0.4) is 0 Å². The minimum atomic E-state index is -0.0470. The summed E-state index contributed by atoms with van der Waals surface area (Å²) >= 11 is 0. The Bertz CT molecular complexity index is 407.